The number of halogens is 3. The summed E-state index contributed by atoms with van der Waals surface area (Å²) in [7, 11) is 0. The van der Waals surface area contributed by atoms with Gasteiger partial charge in [-0.1, -0.05) is 29.3 Å². The normalized spacial score (nSPS) is 10.7. The van der Waals surface area contributed by atoms with Gasteiger partial charge in [-0.2, -0.15) is 0 Å². The molecule has 1 amide bonds. The fourth-order valence-electron chi connectivity index (χ4n) is 1.33. The van der Waals surface area contributed by atoms with Crippen LogP contribution in [0.5, 0.6) is 0 Å². The van der Waals surface area contributed by atoms with E-state index >= 15 is 0 Å². The first kappa shape index (κ1) is 17.5. The van der Waals surface area contributed by atoms with E-state index in [1.54, 1.807) is 18.2 Å². The number of rotatable bonds is 4. The Balaban J connectivity index is 0.00000289. The highest BCUT2D eigenvalue weighted by atomic mass is 35.5. The summed E-state index contributed by atoms with van der Waals surface area (Å²) in [6, 6.07) is 5.17. The van der Waals surface area contributed by atoms with Crippen LogP contribution in [0.4, 0.5) is 0 Å². The molecule has 1 aromatic rings. The van der Waals surface area contributed by atoms with Crippen molar-refractivity contribution in [1.82, 2.24) is 5.32 Å². The first-order chi connectivity index (χ1) is 7.85. The van der Waals surface area contributed by atoms with Crippen molar-refractivity contribution < 1.29 is 4.79 Å². The zero-order chi connectivity index (χ0) is 13.1. The second-order valence-corrected chi connectivity index (χ2v) is 5.33. The van der Waals surface area contributed by atoms with Gasteiger partial charge in [-0.15, -0.1) is 12.4 Å². The molecule has 3 nitrogen and oxygen atoms in total. The third-order valence-corrected chi connectivity index (χ3v) is 3.10. The highest BCUT2D eigenvalue weighted by Gasteiger charge is 2.19. The van der Waals surface area contributed by atoms with Crippen molar-refractivity contribution in [3.8, 4) is 0 Å². The smallest absolute Gasteiger partial charge is 0.224 e. The molecule has 102 valence electrons. The predicted molar refractivity (Wildman–Crippen MR) is 78.7 cm³/mol. The van der Waals surface area contributed by atoms with Crippen LogP contribution in [0.2, 0.25) is 10.0 Å². The number of nitrogens with one attached hydrogen (secondary N) is 1. The molecule has 3 N–H and O–H groups in total. The molecule has 0 heterocycles. The molecule has 0 atom stereocenters. The van der Waals surface area contributed by atoms with Crippen LogP contribution in [0.3, 0.4) is 0 Å². The number of nitrogens with two attached hydrogens (primary N) is 1. The summed E-state index contributed by atoms with van der Waals surface area (Å²) >= 11 is 12.0. The largest absolute Gasteiger partial charge is 0.350 e. The van der Waals surface area contributed by atoms with Crippen LogP contribution in [-0.2, 0) is 11.2 Å². The van der Waals surface area contributed by atoms with Crippen molar-refractivity contribution in [3.63, 3.8) is 0 Å². The highest BCUT2D eigenvalue weighted by Crippen LogP contribution is 2.24. The average Bonchev–Trinajstić information content (AvgIpc) is 2.23. The molecule has 1 aromatic carbocycles. The second kappa shape index (κ2) is 7.19. The monoisotopic (exact) mass is 310 g/mol. The van der Waals surface area contributed by atoms with E-state index in [1.165, 1.54) is 0 Å². The van der Waals surface area contributed by atoms with E-state index in [-0.39, 0.29) is 24.7 Å². The van der Waals surface area contributed by atoms with Gasteiger partial charge in [0.2, 0.25) is 5.91 Å². The fraction of sp³-hybridized carbons (Fsp3) is 0.417. The summed E-state index contributed by atoms with van der Waals surface area (Å²) in [6.07, 6.45) is 0.155. The molecule has 0 aromatic heterocycles. The van der Waals surface area contributed by atoms with E-state index in [9.17, 15) is 4.79 Å². The Morgan fingerprint density at radius 3 is 2.28 bits per heavy atom. The lowest BCUT2D eigenvalue weighted by molar-refractivity contribution is -0.121. The first-order valence-corrected chi connectivity index (χ1v) is 6.05. The SMILES string of the molecule is CC(C)(CN)NC(=O)Cc1c(Cl)cccc1Cl.Cl. The lowest BCUT2D eigenvalue weighted by atomic mass is 10.0. The van der Waals surface area contributed by atoms with Gasteiger partial charge in [0.05, 0.1) is 6.42 Å². The third-order valence-electron chi connectivity index (χ3n) is 2.39. The van der Waals surface area contributed by atoms with Crippen molar-refractivity contribution in [2.45, 2.75) is 25.8 Å². The number of benzene rings is 1. The maximum atomic E-state index is 11.8. The number of hydrogen-bond donors (Lipinski definition) is 2. The van der Waals surface area contributed by atoms with E-state index in [0.717, 1.165) is 0 Å². The zero-order valence-electron chi connectivity index (χ0n) is 10.3. The number of amides is 1. The van der Waals surface area contributed by atoms with Gasteiger partial charge in [-0.25, -0.2) is 0 Å². The number of carbonyl (C=O) groups is 1. The van der Waals surface area contributed by atoms with Crippen molar-refractivity contribution in [1.29, 1.82) is 0 Å². The van der Waals surface area contributed by atoms with Gasteiger partial charge < -0.3 is 11.1 Å². The Morgan fingerprint density at radius 2 is 1.83 bits per heavy atom. The molecule has 0 unspecified atom stereocenters. The summed E-state index contributed by atoms with van der Waals surface area (Å²) in [6.45, 7) is 4.09. The molecule has 0 fully saturated rings. The zero-order valence-corrected chi connectivity index (χ0v) is 12.6. The minimum absolute atomic E-state index is 0. The average molecular weight is 312 g/mol. The first-order valence-electron chi connectivity index (χ1n) is 5.30. The van der Waals surface area contributed by atoms with Crippen LogP contribution < -0.4 is 11.1 Å². The van der Waals surface area contributed by atoms with Gasteiger partial charge in [0.1, 0.15) is 0 Å². The number of hydrogen-bond acceptors (Lipinski definition) is 2. The molecular weight excluding hydrogens is 295 g/mol. The molecule has 0 saturated heterocycles. The third kappa shape index (κ3) is 5.02. The maximum Gasteiger partial charge on any atom is 0.224 e. The molecular formula is C12H17Cl3N2O. The molecule has 0 aliphatic carbocycles. The maximum absolute atomic E-state index is 11.8. The van der Waals surface area contributed by atoms with Crippen molar-refractivity contribution in [3.05, 3.63) is 33.8 Å². The Labute approximate surface area is 123 Å². The highest BCUT2D eigenvalue weighted by molar-refractivity contribution is 6.36. The Hall–Kier alpha value is -0.480. The molecule has 18 heavy (non-hydrogen) atoms. The molecule has 0 saturated carbocycles. The molecule has 0 aliphatic heterocycles. The molecule has 0 bridgehead atoms. The number of carbonyl (C=O) groups excluding carboxylic acids is 1. The van der Waals surface area contributed by atoms with Gasteiger partial charge in [0.15, 0.2) is 0 Å². The Bertz CT molecular complexity index is 402. The van der Waals surface area contributed by atoms with E-state index in [2.05, 4.69) is 5.32 Å². The standard InChI is InChI=1S/C12H16Cl2N2O.ClH/c1-12(2,7-15)16-11(17)6-8-9(13)4-3-5-10(8)14;/h3-5H,6-7,15H2,1-2H3,(H,16,17);1H. The van der Waals surface area contributed by atoms with Crippen molar-refractivity contribution >= 4 is 41.5 Å². The van der Waals surface area contributed by atoms with Gasteiger partial charge in [-0.05, 0) is 31.5 Å². The predicted octanol–water partition coefficient (Wildman–Crippen LogP) is 2.81. The van der Waals surface area contributed by atoms with Gasteiger partial charge in [-0.3, -0.25) is 4.79 Å². The molecule has 0 aliphatic rings. The van der Waals surface area contributed by atoms with Crippen LogP contribution in [0, 0.1) is 0 Å². The minimum Gasteiger partial charge on any atom is -0.350 e. The molecule has 1 rings (SSSR count). The van der Waals surface area contributed by atoms with E-state index in [4.69, 9.17) is 28.9 Å². The van der Waals surface area contributed by atoms with Crippen molar-refractivity contribution in [2.24, 2.45) is 5.73 Å². The van der Waals surface area contributed by atoms with Crippen LogP contribution >= 0.6 is 35.6 Å². The molecule has 0 spiro atoms. The van der Waals surface area contributed by atoms with E-state index in [1.807, 2.05) is 13.8 Å². The fourth-order valence-corrected chi connectivity index (χ4v) is 1.87. The summed E-state index contributed by atoms with van der Waals surface area (Å²) in [5.41, 5.74) is 5.76. The summed E-state index contributed by atoms with van der Waals surface area (Å²) in [4.78, 5) is 11.8. The quantitative estimate of drug-likeness (QED) is 0.898. The van der Waals surface area contributed by atoms with Crippen LogP contribution in [0.15, 0.2) is 18.2 Å². The van der Waals surface area contributed by atoms with Crippen molar-refractivity contribution in [2.75, 3.05) is 6.54 Å². The Kier molecular flexibility index (Phi) is 7.00. The Morgan fingerprint density at radius 1 is 1.33 bits per heavy atom. The van der Waals surface area contributed by atoms with Crippen LogP contribution in [0.1, 0.15) is 19.4 Å². The molecule has 0 radical (unpaired) electrons. The summed E-state index contributed by atoms with van der Waals surface area (Å²) in [5, 5.41) is 3.82. The van der Waals surface area contributed by atoms with E-state index < -0.39 is 5.54 Å². The second-order valence-electron chi connectivity index (χ2n) is 4.51. The van der Waals surface area contributed by atoms with Gasteiger partial charge in [0, 0.05) is 22.1 Å². The van der Waals surface area contributed by atoms with Gasteiger partial charge >= 0.3 is 0 Å². The van der Waals surface area contributed by atoms with Crippen LogP contribution in [-0.4, -0.2) is 18.0 Å². The minimum atomic E-state index is -0.426. The van der Waals surface area contributed by atoms with Crippen LogP contribution in [0.25, 0.3) is 0 Å². The summed E-state index contributed by atoms with van der Waals surface area (Å²) < 4.78 is 0. The lowest BCUT2D eigenvalue weighted by Crippen LogP contribution is -2.49. The molecule has 6 heteroatoms. The summed E-state index contributed by atoms with van der Waals surface area (Å²) in [5.74, 6) is -0.143. The topological polar surface area (TPSA) is 55.1 Å². The van der Waals surface area contributed by atoms with Gasteiger partial charge in [0.25, 0.3) is 0 Å². The van der Waals surface area contributed by atoms with E-state index in [0.29, 0.717) is 22.2 Å². The lowest BCUT2D eigenvalue weighted by Gasteiger charge is -2.24.